The van der Waals surface area contributed by atoms with Crippen LogP contribution in [-0.4, -0.2) is 17.0 Å². The molecule has 2 N–H and O–H groups in total. The van der Waals surface area contributed by atoms with Gasteiger partial charge in [-0.05, 0) is 19.1 Å². The molecule has 1 aromatic heterocycles. The lowest BCUT2D eigenvalue weighted by Gasteiger charge is -2.21. The lowest BCUT2D eigenvalue weighted by molar-refractivity contribution is 0.546. The van der Waals surface area contributed by atoms with Crippen molar-refractivity contribution in [1.29, 1.82) is 0 Å². The second kappa shape index (κ2) is 5.90. The second-order valence-corrected chi connectivity index (χ2v) is 6.38. The molecule has 0 saturated heterocycles. The van der Waals surface area contributed by atoms with E-state index in [1.165, 1.54) is 0 Å². The van der Waals surface area contributed by atoms with Crippen molar-refractivity contribution in [3.05, 3.63) is 40.7 Å². The molecular formula is C16H21ClN4. The van der Waals surface area contributed by atoms with E-state index < -0.39 is 0 Å². The van der Waals surface area contributed by atoms with Gasteiger partial charge in [0.05, 0.1) is 10.7 Å². The zero-order valence-electron chi connectivity index (χ0n) is 13.1. The van der Waals surface area contributed by atoms with Crippen molar-refractivity contribution in [2.45, 2.75) is 33.1 Å². The standard InChI is InChI=1S/C16H21ClN4/c1-10-13(18-5)20-15(16(2,3)4)21-14(10)19-12-9-7-6-8-11(12)17/h6-9H,1-5H3,(H2,18,19,20,21). The SMILES string of the molecule is CNc1nc(C(C)(C)C)nc(Nc2ccccc2Cl)c1C. The molecule has 2 aromatic rings. The normalized spacial score (nSPS) is 11.3. The summed E-state index contributed by atoms with van der Waals surface area (Å²) in [6, 6.07) is 7.62. The zero-order valence-corrected chi connectivity index (χ0v) is 13.8. The maximum Gasteiger partial charge on any atom is 0.139 e. The van der Waals surface area contributed by atoms with Crippen molar-refractivity contribution >= 4 is 28.9 Å². The van der Waals surface area contributed by atoms with Gasteiger partial charge in [0.1, 0.15) is 17.5 Å². The average Bonchev–Trinajstić information content (AvgIpc) is 2.42. The molecule has 0 saturated carbocycles. The topological polar surface area (TPSA) is 49.8 Å². The molecule has 1 aromatic carbocycles. The number of anilines is 3. The number of nitrogens with one attached hydrogen (secondary N) is 2. The van der Waals surface area contributed by atoms with Gasteiger partial charge in [-0.3, -0.25) is 0 Å². The molecule has 112 valence electrons. The molecule has 0 aliphatic heterocycles. The van der Waals surface area contributed by atoms with Crippen LogP contribution in [0.5, 0.6) is 0 Å². The summed E-state index contributed by atoms with van der Waals surface area (Å²) in [6.45, 7) is 8.26. The van der Waals surface area contributed by atoms with Crippen LogP contribution in [0.25, 0.3) is 0 Å². The Morgan fingerprint density at radius 3 is 2.24 bits per heavy atom. The highest BCUT2D eigenvalue weighted by Crippen LogP contribution is 2.30. The molecule has 0 amide bonds. The van der Waals surface area contributed by atoms with Crippen LogP contribution < -0.4 is 10.6 Å². The fourth-order valence-electron chi connectivity index (χ4n) is 1.91. The number of nitrogens with zero attached hydrogens (tertiary/aromatic N) is 2. The van der Waals surface area contributed by atoms with E-state index >= 15 is 0 Å². The van der Waals surface area contributed by atoms with Gasteiger partial charge in [0.2, 0.25) is 0 Å². The van der Waals surface area contributed by atoms with Crippen LogP contribution in [-0.2, 0) is 5.41 Å². The first-order valence-corrected chi connectivity index (χ1v) is 7.29. The first-order chi connectivity index (χ1) is 9.82. The largest absolute Gasteiger partial charge is 0.373 e. The number of hydrogen-bond donors (Lipinski definition) is 2. The molecular weight excluding hydrogens is 284 g/mol. The van der Waals surface area contributed by atoms with Gasteiger partial charge in [-0.2, -0.15) is 0 Å². The number of halogens is 1. The van der Waals surface area contributed by atoms with Gasteiger partial charge in [0.25, 0.3) is 0 Å². The van der Waals surface area contributed by atoms with Gasteiger partial charge in [-0.1, -0.05) is 44.5 Å². The summed E-state index contributed by atoms with van der Waals surface area (Å²) in [5, 5.41) is 7.09. The highest BCUT2D eigenvalue weighted by atomic mass is 35.5. The minimum absolute atomic E-state index is 0.129. The Labute approximate surface area is 131 Å². The van der Waals surface area contributed by atoms with E-state index in [-0.39, 0.29) is 5.41 Å². The Morgan fingerprint density at radius 1 is 1.05 bits per heavy atom. The van der Waals surface area contributed by atoms with Crippen LogP contribution in [0.1, 0.15) is 32.2 Å². The number of benzene rings is 1. The van der Waals surface area contributed by atoms with Crippen molar-refractivity contribution < 1.29 is 0 Å². The van der Waals surface area contributed by atoms with Crippen molar-refractivity contribution in [1.82, 2.24) is 9.97 Å². The first kappa shape index (κ1) is 15.6. The summed E-state index contributed by atoms with van der Waals surface area (Å²) in [7, 11) is 1.86. The molecule has 2 rings (SSSR count). The van der Waals surface area contributed by atoms with Gasteiger partial charge in [0, 0.05) is 18.0 Å². The number of aromatic nitrogens is 2. The molecule has 5 heteroatoms. The Bertz CT molecular complexity index is 647. The Morgan fingerprint density at radius 2 is 1.67 bits per heavy atom. The molecule has 1 heterocycles. The maximum absolute atomic E-state index is 6.21. The van der Waals surface area contributed by atoms with Crippen LogP contribution in [0, 0.1) is 6.92 Å². The van der Waals surface area contributed by atoms with Gasteiger partial charge < -0.3 is 10.6 Å². The maximum atomic E-state index is 6.21. The Balaban J connectivity index is 2.50. The van der Waals surface area contributed by atoms with Crippen LogP contribution in [0.4, 0.5) is 17.3 Å². The van der Waals surface area contributed by atoms with E-state index in [1.807, 2.05) is 38.2 Å². The molecule has 21 heavy (non-hydrogen) atoms. The average molecular weight is 305 g/mol. The molecule has 0 radical (unpaired) electrons. The quantitative estimate of drug-likeness (QED) is 0.875. The summed E-state index contributed by atoms with van der Waals surface area (Å²) in [4.78, 5) is 9.26. The van der Waals surface area contributed by atoms with Crippen molar-refractivity contribution in [3.8, 4) is 0 Å². The Kier molecular flexibility index (Phi) is 4.37. The van der Waals surface area contributed by atoms with Crippen molar-refractivity contribution in [2.75, 3.05) is 17.7 Å². The third kappa shape index (κ3) is 3.45. The molecule has 0 aliphatic rings. The predicted molar refractivity (Wildman–Crippen MR) is 89.8 cm³/mol. The van der Waals surface area contributed by atoms with E-state index in [1.54, 1.807) is 0 Å². The van der Waals surface area contributed by atoms with Crippen molar-refractivity contribution in [2.24, 2.45) is 0 Å². The van der Waals surface area contributed by atoms with E-state index in [4.69, 9.17) is 11.6 Å². The van der Waals surface area contributed by atoms with Crippen LogP contribution >= 0.6 is 11.6 Å². The lowest BCUT2D eigenvalue weighted by Crippen LogP contribution is -2.18. The zero-order chi connectivity index (χ0) is 15.6. The monoisotopic (exact) mass is 304 g/mol. The fraction of sp³-hybridized carbons (Fsp3) is 0.375. The molecule has 0 bridgehead atoms. The first-order valence-electron chi connectivity index (χ1n) is 6.91. The third-order valence-electron chi connectivity index (χ3n) is 3.18. The molecule has 4 nitrogen and oxygen atoms in total. The second-order valence-electron chi connectivity index (χ2n) is 5.97. The summed E-state index contributed by atoms with van der Waals surface area (Å²) in [5.41, 5.74) is 1.67. The van der Waals surface area contributed by atoms with E-state index in [2.05, 4.69) is 41.4 Å². The van der Waals surface area contributed by atoms with E-state index in [9.17, 15) is 0 Å². The summed E-state index contributed by atoms with van der Waals surface area (Å²) < 4.78 is 0. The predicted octanol–water partition coefficient (Wildman–Crippen LogP) is 4.52. The van der Waals surface area contributed by atoms with Crippen LogP contribution in [0.3, 0.4) is 0 Å². The van der Waals surface area contributed by atoms with E-state index in [0.29, 0.717) is 5.02 Å². The van der Waals surface area contributed by atoms with Crippen molar-refractivity contribution in [3.63, 3.8) is 0 Å². The number of para-hydroxylation sites is 1. The van der Waals surface area contributed by atoms with Crippen LogP contribution in [0.2, 0.25) is 5.02 Å². The lowest BCUT2D eigenvalue weighted by atomic mass is 9.95. The van der Waals surface area contributed by atoms with Gasteiger partial charge in [-0.15, -0.1) is 0 Å². The Hall–Kier alpha value is -1.81. The minimum atomic E-state index is -0.129. The molecule has 0 aliphatic carbocycles. The molecule has 0 fully saturated rings. The van der Waals surface area contributed by atoms with Gasteiger partial charge >= 0.3 is 0 Å². The summed E-state index contributed by atoms with van der Waals surface area (Å²) >= 11 is 6.21. The number of rotatable bonds is 3. The minimum Gasteiger partial charge on any atom is -0.373 e. The van der Waals surface area contributed by atoms with E-state index in [0.717, 1.165) is 28.7 Å². The molecule has 0 spiro atoms. The molecule has 0 atom stereocenters. The van der Waals surface area contributed by atoms with Gasteiger partial charge in [-0.25, -0.2) is 9.97 Å². The fourth-order valence-corrected chi connectivity index (χ4v) is 2.09. The summed E-state index contributed by atoms with van der Waals surface area (Å²) in [6.07, 6.45) is 0. The highest BCUT2D eigenvalue weighted by molar-refractivity contribution is 6.33. The molecule has 0 unspecified atom stereocenters. The highest BCUT2D eigenvalue weighted by Gasteiger charge is 2.21. The smallest absolute Gasteiger partial charge is 0.139 e. The summed E-state index contributed by atoms with van der Waals surface area (Å²) in [5.74, 6) is 2.38. The third-order valence-corrected chi connectivity index (χ3v) is 3.51. The van der Waals surface area contributed by atoms with Gasteiger partial charge in [0.15, 0.2) is 0 Å². The number of hydrogen-bond acceptors (Lipinski definition) is 4. The van der Waals surface area contributed by atoms with Crippen LogP contribution in [0.15, 0.2) is 24.3 Å².